The monoisotopic (exact) mass is 1360 g/mol. The lowest BCUT2D eigenvalue weighted by molar-refractivity contribution is -0.870. The lowest BCUT2D eigenvalue weighted by Crippen LogP contribution is -2.37. The first-order valence-electron chi connectivity index (χ1n) is 41.3. The molecule has 0 spiro atoms. The fourth-order valence-electron chi connectivity index (χ4n) is 12.1. The van der Waals surface area contributed by atoms with E-state index < -0.39 is 26.5 Å². The van der Waals surface area contributed by atoms with E-state index in [0.717, 1.165) is 70.6 Å². The van der Waals surface area contributed by atoms with E-state index in [4.69, 9.17) is 18.5 Å². The maximum absolute atomic E-state index is 12.9. The minimum Gasteiger partial charge on any atom is -0.756 e. The second kappa shape index (κ2) is 76.4. The number of carbonyl (C=O) groups excluding carboxylic acids is 2. The Balaban J connectivity index is 3.91. The van der Waals surface area contributed by atoms with Gasteiger partial charge in [-0.2, -0.15) is 0 Å². The highest BCUT2D eigenvalue weighted by Gasteiger charge is 2.22. The standard InChI is InChI=1S/C86H158NO8P/c1-6-8-10-12-14-16-18-20-22-24-26-28-30-32-34-36-38-40-42-43-45-47-49-51-53-55-57-59-61-63-65-67-69-71-73-75-77-79-86(89)95-84(83-94-96(90,91)93-81-80-87(3,4)5)82-92-85(88)78-76-74-72-70-68-66-64-62-60-58-56-54-52-50-48-46-44-41-39-37-35-33-31-29-27-25-23-21-19-17-15-13-11-9-7-2/h8,10,14,16,19-22,25-28,32,34,84H,6-7,9,11-13,15,17-18,23-24,29-31,33,35-83H2,1-5H3/b10-8-,16-14-,21-19-,22-20-,27-25-,28-26-,34-32-. The Morgan fingerprint density at radius 2 is 0.594 bits per heavy atom. The molecule has 2 unspecified atom stereocenters. The summed E-state index contributed by atoms with van der Waals surface area (Å²) in [6.45, 7) is 4.18. The maximum atomic E-state index is 12.9. The third-order valence-corrected chi connectivity index (χ3v) is 19.4. The Hall–Kier alpha value is -2.81. The zero-order chi connectivity index (χ0) is 69.7. The van der Waals surface area contributed by atoms with Crippen LogP contribution in [0.1, 0.15) is 399 Å². The Labute approximate surface area is 596 Å². The molecule has 0 radical (unpaired) electrons. The molecule has 0 N–H and O–H groups in total. The molecule has 560 valence electrons. The molecular formula is C86H158NO8P. The van der Waals surface area contributed by atoms with Crippen molar-refractivity contribution in [2.45, 2.75) is 405 Å². The number of rotatable bonds is 77. The summed E-state index contributed by atoms with van der Waals surface area (Å²) in [4.78, 5) is 38.2. The van der Waals surface area contributed by atoms with Crippen molar-refractivity contribution in [3.05, 3.63) is 85.1 Å². The molecule has 0 saturated carbocycles. The van der Waals surface area contributed by atoms with Crippen molar-refractivity contribution in [2.24, 2.45) is 0 Å². The van der Waals surface area contributed by atoms with E-state index in [2.05, 4.69) is 98.9 Å². The first kappa shape index (κ1) is 93.2. The van der Waals surface area contributed by atoms with Crippen LogP contribution in [0.2, 0.25) is 0 Å². The van der Waals surface area contributed by atoms with Gasteiger partial charge in [0.05, 0.1) is 27.7 Å². The summed E-state index contributed by atoms with van der Waals surface area (Å²) in [5, 5.41) is 0. The van der Waals surface area contributed by atoms with Gasteiger partial charge >= 0.3 is 11.9 Å². The largest absolute Gasteiger partial charge is 0.756 e. The van der Waals surface area contributed by atoms with Crippen LogP contribution in [0.4, 0.5) is 0 Å². The van der Waals surface area contributed by atoms with Gasteiger partial charge in [-0.25, -0.2) is 0 Å². The van der Waals surface area contributed by atoms with E-state index in [1.165, 1.54) is 295 Å². The third kappa shape index (κ3) is 80.2. The van der Waals surface area contributed by atoms with Crippen LogP contribution in [0.5, 0.6) is 0 Å². The number of unbranched alkanes of at least 4 members (excludes halogenated alkanes) is 49. The molecular weight excluding hydrogens is 1210 g/mol. The predicted octanol–water partition coefficient (Wildman–Crippen LogP) is 27.0. The van der Waals surface area contributed by atoms with Crippen LogP contribution in [0, 0.1) is 0 Å². The van der Waals surface area contributed by atoms with E-state index in [-0.39, 0.29) is 32.0 Å². The number of quaternary nitrogens is 1. The minimum absolute atomic E-state index is 0.0295. The zero-order valence-electron chi connectivity index (χ0n) is 64.1. The normalized spacial score (nSPS) is 13.4. The van der Waals surface area contributed by atoms with Crippen LogP contribution in [0.25, 0.3) is 0 Å². The number of esters is 2. The van der Waals surface area contributed by atoms with Crippen LogP contribution in [-0.2, 0) is 32.7 Å². The lowest BCUT2D eigenvalue weighted by atomic mass is 10.0. The summed E-state index contributed by atoms with van der Waals surface area (Å²) in [5.74, 6) is -0.812. The molecule has 10 heteroatoms. The number of allylic oxidation sites excluding steroid dienone is 14. The quantitative estimate of drug-likeness (QED) is 0.0195. The summed E-state index contributed by atoms with van der Waals surface area (Å²) in [7, 11) is 1.18. The molecule has 96 heavy (non-hydrogen) atoms. The lowest BCUT2D eigenvalue weighted by Gasteiger charge is -2.28. The Bertz CT molecular complexity index is 1900. The molecule has 0 amide bonds. The van der Waals surface area contributed by atoms with Crippen molar-refractivity contribution >= 4 is 19.8 Å². The molecule has 0 rings (SSSR count). The molecule has 0 aromatic heterocycles. The van der Waals surface area contributed by atoms with Gasteiger partial charge in [0.25, 0.3) is 7.82 Å². The highest BCUT2D eigenvalue weighted by molar-refractivity contribution is 7.45. The number of likely N-dealkylation sites (N-methyl/N-ethyl adjacent to an activating group) is 1. The van der Waals surface area contributed by atoms with Gasteiger partial charge in [0, 0.05) is 12.8 Å². The Morgan fingerprint density at radius 3 is 0.885 bits per heavy atom. The Kier molecular flexibility index (Phi) is 74.1. The molecule has 2 atom stereocenters. The van der Waals surface area contributed by atoms with Gasteiger partial charge in [0.1, 0.15) is 19.8 Å². The van der Waals surface area contributed by atoms with Gasteiger partial charge in [-0.05, 0) is 89.9 Å². The van der Waals surface area contributed by atoms with E-state index >= 15 is 0 Å². The predicted molar refractivity (Wildman–Crippen MR) is 416 cm³/mol. The van der Waals surface area contributed by atoms with E-state index in [9.17, 15) is 19.0 Å². The number of nitrogens with zero attached hydrogens (tertiary/aromatic N) is 1. The highest BCUT2D eigenvalue weighted by Crippen LogP contribution is 2.38. The summed E-state index contributed by atoms with van der Waals surface area (Å²) in [6.07, 6.45) is 106. The Morgan fingerprint density at radius 1 is 0.333 bits per heavy atom. The molecule has 0 aliphatic carbocycles. The topological polar surface area (TPSA) is 111 Å². The van der Waals surface area contributed by atoms with Crippen molar-refractivity contribution in [1.82, 2.24) is 0 Å². The van der Waals surface area contributed by atoms with Crippen LogP contribution < -0.4 is 4.89 Å². The SMILES string of the molecule is CC/C=C\C/C=C\C/C=C\C/C=C\C/C=C\CCCCCCCCCCCCCCCCCCCCCCCC(=O)OC(COC(=O)CCCCCCCCCCCCCCCCCCCCCCCCC/C=C\C/C=C\CCCCCCC)COP(=O)([O-])OCC[N+](C)(C)C. The molecule has 0 aliphatic heterocycles. The average Bonchev–Trinajstić information content (AvgIpc) is 2.72. The first-order chi connectivity index (χ1) is 47.0. The van der Waals surface area contributed by atoms with Gasteiger partial charge < -0.3 is 27.9 Å². The third-order valence-electron chi connectivity index (χ3n) is 18.4. The van der Waals surface area contributed by atoms with Crippen molar-refractivity contribution in [3.8, 4) is 0 Å². The van der Waals surface area contributed by atoms with Gasteiger partial charge in [-0.15, -0.1) is 0 Å². The van der Waals surface area contributed by atoms with Crippen molar-refractivity contribution in [3.63, 3.8) is 0 Å². The second-order valence-electron chi connectivity index (χ2n) is 29.1. The molecule has 0 aromatic carbocycles. The van der Waals surface area contributed by atoms with Gasteiger partial charge in [0.2, 0.25) is 0 Å². The molecule has 0 fully saturated rings. The molecule has 9 nitrogen and oxygen atoms in total. The van der Waals surface area contributed by atoms with Gasteiger partial charge in [-0.3, -0.25) is 14.2 Å². The molecule has 0 aliphatic rings. The summed E-state index contributed by atoms with van der Waals surface area (Å²) < 4.78 is 34.5. The summed E-state index contributed by atoms with van der Waals surface area (Å²) >= 11 is 0. The highest BCUT2D eigenvalue weighted by atomic mass is 31.2. The number of hydrogen-bond acceptors (Lipinski definition) is 8. The first-order valence-corrected chi connectivity index (χ1v) is 42.8. The van der Waals surface area contributed by atoms with Crippen molar-refractivity contribution in [1.29, 1.82) is 0 Å². The van der Waals surface area contributed by atoms with Gasteiger partial charge in [0.15, 0.2) is 6.10 Å². The van der Waals surface area contributed by atoms with E-state index in [1.54, 1.807) is 0 Å². The van der Waals surface area contributed by atoms with Crippen LogP contribution in [0.3, 0.4) is 0 Å². The van der Waals surface area contributed by atoms with Crippen molar-refractivity contribution < 1.29 is 42.1 Å². The fourth-order valence-corrected chi connectivity index (χ4v) is 12.9. The maximum Gasteiger partial charge on any atom is 0.306 e. The second-order valence-corrected chi connectivity index (χ2v) is 30.5. The van der Waals surface area contributed by atoms with E-state index in [0.29, 0.717) is 17.4 Å². The van der Waals surface area contributed by atoms with Crippen molar-refractivity contribution in [2.75, 3.05) is 47.5 Å². The zero-order valence-corrected chi connectivity index (χ0v) is 65.0. The smallest absolute Gasteiger partial charge is 0.306 e. The average molecular weight is 1370 g/mol. The number of carbonyl (C=O) groups is 2. The number of phosphoric acid groups is 1. The van der Waals surface area contributed by atoms with Crippen LogP contribution in [-0.4, -0.2) is 70.0 Å². The summed E-state index contributed by atoms with van der Waals surface area (Å²) in [5.41, 5.74) is 0. The molecule has 0 aromatic rings. The van der Waals surface area contributed by atoms with Crippen LogP contribution >= 0.6 is 7.82 Å². The number of phosphoric ester groups is 1. The van der Waals surface area contributed by atoms with E-state index in [1.807, 2.05) is 21.1 Å². The molecule has 0 bridgehead atoms. The summed E-state index contributed by atoms with van der Waals surface area (Å²) in [6, 6.07) is 0. The van der Waals surface area contributed by atoms with Crippen LogP contribution in [0.15, 0.2) is 85.1 Å². The number of hydrogen-bond donors (Lipinski definition) is 0. The number of ether oxygens (including phenoxy) is 2. The fraction of sp³-hybridized carbons (Fsp3) is 0.814. The minimum atomic E-state index is -4.65. The molecule has 0 heterocycles. The molecule has 0 saturated heterocycles. The van der Waals surface area contributed by atoms with Gasteiger partial charge in [-0.1, -0.05) is 381 Å².